The summed E-state index contributed by atoms with van der Waals surface area (Å²) in [6, 6.07) is 9.76. The molecule has 0 amide bonds. The maximum absolute atomic E-state index is 11.3. The average Bonchev–Trinajstić information content (AvgIpc) is 2.76. The van der Waals surface area contributed by atoms with Crippen LogP contribution in [0.3, 0.4) is 0 Å². The minimum atomic E-state index is -3.17. The molecule has 0 aliphatic heterocycles. The molecule has 0 fully saturated rings. The van der Waals surface area contributed by atoms with Crippen molar-refractivity contribution in [2.24, 2.45) is 0 Å². The third-order valence-corrected chi connectivity index (χ3v) is 4.25. The summed E-state index contributed by atoms with van der Waals surface area (Å²) < 4.78 is 27.8. The maximum atomic E-state index is 11.3. The standard InChI is InChI=1S/C12H10O4S2/c1-18(14,15)11-5-3-10(4-6-11)17-12-7-2-9(8-13)16-12/h2-8H,1H3. The molecule has 1 aromatic heterocycles. The molecule has 1 aromatic carbocycles. The van der Waals surface area contributed by atoms with Crippen LogP contribution in [0.5, 0.6) is 0 Å². The second-order valence-corrected chi connectivity index (χ2v) is 6.71. The summed E-state index contributed by atoms with van der Waals surface area (Å²) in [7, 11) is -3.17. The van der Waals surface area contributed by atoms with Crippen LogP contribution in [-0.2, 0) is 9.84 Å². The Bertz CT molecular complexity index is 654. The Labute approximate surface area is 109 Å². The predicted octanol–water partition coefficient (Wildman–Crippen LogP) is 2.65. The monoisotopic (exact) mass is 282 g/mol. The Hall–Kier alpha value is -1.53. The van der Waals surface area contributed by atoms with Crippen molar-refractivity contribution in [1.82, 2.24) is 0 Å². The lowest BCUT2D eigenvalue weighted by molar-refractivity contribution is 0.109. The number of hydrogen-bond acceptors (Lipinski definition) is 5. The van der Waals surface area contributed by atoms with Crippen LogP contribution in [0.15, 0.2) is 55.7 Å². The average molecular weight is 282 g/mol. The largest absolute Gasteiger partial charge is 0.447 e. The molecule has 0 radical (unpaired) electrons. The zero-order valence-electron chi connectivity index (χ0n) is 9.49. The summed E-state index contributed by atoms with van der Waals surface area (Å²) in [5.41, 5.74) is 0. The molecule has 2 aromatic rings. The first kappa shape index (κ1) is 12.9. The second kappa shape index (κ2) is 4.99. The van der Waals surface area contributed by atoms with Crippen molar-refractivity contribution in [3.63, 3.8) is 0 Å². The lowest BCUT2D eigenvalue weighted by Crippen LogP contribution is -1.95. The van der Waals surface area contributed by atoms with E-state index in [9.17, 15) is 13.2 Å². The van der Waals surface area contributed by atoms with E-state index < -0.39 is 9.84 Å². The molecule has 0 saturated heterocycles. The number of hydrogen-bond donors (Lipinski definition) is 0. The van der Waals surface area contributed by atoms with Gasteiger partial charge in [-0.05, 0) is 36.4 Å². The fraction of sp³-hybridized carbons (Fsp3) is 0.0833. The smallest absolute Gasteiger partial charge is 0.185 e. The molecule has 0 unspecified atom stereocenters. The first-order valence-electron chi connectivity index (χ1n) is 5.02. The fourth-order valence-electron chi connectivity index (χ4n) is 1.32. The summed E-state index contributed by atoms with van der Waals surface area (Å²) in [6.07, 6.45) is 1.80. The third-order valence-electron chi connectivity index (χ3n) is 2.19. The van der Waals surface area contributed by atoms with Gasteiger partial charge < -0.3 is 4.42 Å². The van der Waals surface area contributed by atoms with E-state index >= 15 is 0 Å². The van der Waals surface area contributed by atoms with Gasteiger partial charge in [0.05, 0.1) is 4.90 Å². The van der Waals surface area contributed by atoms with E-state index in [0.717, 1.165) is 11.2 Å². The molecular weight excluding hydrogens is 272 g/mol. The lowest BCUT2D eigenvalue weighted by Gasteiger charge is -2.00. The molecule has 0 aliphatic carbocycles. The maximum Gasteiger partial charge on any atom is 0.185 e. The van der Waals surface area contributed by atoms with E-state index in [2.05, 4.69) is 0 Å². The van der Waals surface area contributed by atoms with E-state index in [4.69, 9.17) is 4.42 Å². The molecule has 0 saturated carbocycles. The van der Waals surface area contributed by atoms with Gasteiger partial charge in [0.15, 0.2) is 27.0 Å². The number of aldehydes is 1. The number of carbonyl (C=O) groups is 1. The van der Waals surface area contributed by atoms with Gasteiger partial charge in [-0.25, -0.2) is 8.42 Å². The Morgan fingerprint density at radius 1 is 1.11 bits per heavy atom. The van der Waals surface area contributed by atoms with Gasteiger partial charge in [0.2, 0.25) is 0 Å². The minimum absolute atomic E-state index is 0.269. The number of rotatable bonds is 4. The van der Waals surface area contributed by atoms with Crippen molar-refractivity contribution in [1.29, 1.82) is 0 Å². The molecule has 0 spiro atoms. The van der Waals surface area contributed by atoms with Crippen molar-refractivity contribution in [3.8, 4) is 0 Å². The van der Waals surface area contributed by atoms with Gasteiger partial charge >= 0.3 is 0 Å². The molecule has 18 heavy (non-hydrogen) atoms. The first-order chi connectivity index (χ1) is 8.49. The van der Waals surface area contributed by atoms with Crippen LogP contribution in [0, 0.1) is 0 Å². The lowest BCUT2D eigenvalue weighted by atomic mass is 10.4. The van der Waals surface area contributed by atoms with Crippen molar-refractivity contribution in [3.05, 3.63) is 42.2 Å². The third kappa shape index (κ3) is 3.02. The normalized spacial score (nSPS) is 11.4. The van der Waals surface area contributed by atoms with Crippen LogP contribution in [0.25, 0.3) is 0 Å². The van der Waals surface area contributed by atoms with E-state index in [1.54, 1.807) is 36.4 Å². The Morgan fingerprint density at radius 2 is 1.78 bits per heavy atom. The van der Waals surface area contributed by atoms with Crippen LogP contribution in [0.2, 0.25) is 0 Å². The highest BCUT2D eigenvalue weighted by atomic mass is 32.2. The summed E-state index contributed by atoms with van der Waals surface area (Å²) in [5, 5.41) is 0.587. The molecule has 2 rings (SSSR count). The van der Waals surface area contributed by atoms with Gasteiger partial charge in [-0.15, -0.1) is 0 Å². The SMILES string of the molecule is CS(=O)(=O)c1ccc(Sc2ccc(C=O)o2)cc1. The summed E-state index contributed by atoms with van der Waals surface area (Å²) in [4.78, 5) is 11.6. The Balaban J connectivity index is 2.18. The van der Waals surface area contributed by atoms with Gasteiger partial charge in [-0.1, -0.05) is 11.8 Å². The van der Waals surface area contributed by atoms with Crippen LogP contribution in [0.1, 0.15) is 10.6 Å². The highest BCUT2D eigenvalue weighted by molar-refractivity contribution is 7.99. The molecule has 0 atom stereocenters. The van der Waals surface area contributed by atoms with Crippen LogP contribution in [-0.4, -0.2) is 21.0 Å². The van der Waals surface area contributed by atoms with Crippen LogP contribution < -0.4 is 0 Å². The minimum Gasteiger partial charge on any atom is -0.447 e. The second-order valence-electron chi connectivity index (χ2n) is 3.62. The van der Waals surface area contributed by atoms with Crippen molar-refractivity contribution < 1.29 is 17.6 Å². The fourth-order valence-corrected chi connectivity index (χ4v) is 2.73. The topological polar surface area (TPSA) is 64.3 Å². The van der Waals surface area contributed by atoms with E-state index in [0.29, 0.717) is 11.4 Å². The van der Waals surface area contributed by atoms with Crippen molar-refractivity contribution >= 4 is 27.9 Å². The van der Waals surface area contributed by atoms with E-state index in [1.807, 2.05) is 0 Å². The number of carbonyl (C=O) groups excluding carboxylic acids is 1. The van der Waals surface area contributed by atoms with E-state index in [-0.39, 0.29) is 10.7 Å². The molecular formula is C12H10O4S2. The van der Waals surface area contributed by atoms with Crippen molar-refractivity contribution in [2.75, 3.05) is 6.26 Å². The number of sulfone groups is 1. The number of furan rings is 1. The molecule has 1 heterocycles. The van der Waals surface area contributed by atoms with Crippen molar-refractivity contribution in [2.45, 2.75) is 14.9 Å². The van der Waals surface area contributed by atoms with Gasteiger partial charge in [0.1, 0.15) is 0 Å². The Kier molecular flexibility index (Phi) is 3.58. The summed E-state index contributed by atoms with van der Waals surface area (Å²) >= 11 is 1.32. The van der Waals surface area contributed by atoms with Crippen LogP contribution in [0.4, 0.5) is 0 Å². The molecule has 0 bridgehead atoms. The zero-order valence-corrected chi connectivity index (χ0v) is 11.1. The highest BCUT2D eigenvalue weighted by Crippen LogP contribution is 2.29. The summed E-state index contributed by atoms with van der Waals surface area (Å²) in [6.45, 7) is 0. The molecule has 94 valence electrons. The quantitative estimate of drug-likeness (QED) is 0.807. The van der Waals surface area contributed by atoms with Gasteiger partial charge in [0.25, 0.3) is 0 Å². The molecule has 4 nitrogen and oxygen atoms in total. The predicted molar refractivity (Wildman–Crippen MR) is 67.8 cm³/mol. The molecule has 0 aliphatic rings. The molecule has 6 heteroatoms. The van der Waals surface area contributed by atoms with Crippen LogP contribution >= 0.6 is 11.8 Å². The zero-order chi connectivity index (χ0) is 13.2. The van der Waals surface area contributed by atoms with E-state index in [1.165, 1.54) is 11.8 Å². The highest BCUT2D eigenvalue weighted by Gasteiger charge is 2.08. The first-order valence-corrected chi connectivity index (χ1v) is 7.73. The Morgan fingerprint density at radius 3 is 2.28 bits per heavy atom. The number of benzene rings is 1. The van der Waals surface area contributed by atoms with Gasteiger partial charge in [-0.3, -0.25) is 4.79 Å². The summed E-state index contributed by atoms with van der Waals surface area (Å²) in [5.74, 6) is 0.269. The van der Waals surface area contributed by atoms with Gasteiger partial charge in [-0.2, -0.15) is 0 Å². The van der Waals surface area contributed by atoms with Gasteiger partial charge in [0, 0.05) is 11.2 Å². The molecule has 0 N–H and O–H groups in total.